The molecule has 0 unspecified atom stereocenters. The number of aromatic amines is 1. The number of pyridine rings is 1. The first-order valence-corrected chi connectivity index (χ1v) is 6.81. The van der Waals surface area contributed by atoms with Gasteiger partial charge >= 0.3 is 0 Å². The lowest BCUT2D eigenvalue weighted by Gasteiger charge is -2.07. The molecule has 4 nitrogen and oxygen atoms in total. The molecule has 0 aliphatic carbocycles. The second kappa shape index (κ2) is 5.40. The van der Waals surface area contributed by atoms with Crippen molar-refractivity contribution >= 4 is 0 Å². The number of aryl methyl sites for hydroxylation is 2. The molecular weight excluding hydrogens is 262 g/mol. The van der Waals surface area contributed by atoms with Crippen LogP contribution in [0, 0.1) is 13.8 Å². The molecule has 106 valence electrons. The molecule has 0 saturated carbocycles. The van der Waals surface area contributed by atoms with Crippen LogP contribution in [0.5, 0.6) is 5.75 Å². The fourth-order valence-corrected chi connectivity index (χ4v) is 2.37. The summed E-state index contributed by atoms with van der Waals surface area (Å²) in [7, 11) is 1.68. The van der Waals surface area contributed by atoms with Crippen molar-refractivity contribution in [3.05, 3.63) is 54.0 Å². The Morgan fingerprint density at radius 1 is 1.14 bits per heavy atom. The van der Waals surface area contributed by atoms with Gasteiger partial charge in [-0.3, -0.25) is 4.98 Å². The highest BCUT2D eigenvalue weighted by Crippen LogP contribution is 2.31. The monoisotopic (exact) mass is 279 g/mol. The molecule has 0 fully saturated rings. The molecule has 0 aliphatic heterocycles. The third-order valence-corrected chi connectivity index (χ3v) is 3.45. The Morgan fingerprint density at radius 2 is 2.00 bits per heavy atom. The van der Waals surface area contributed by atoms with Crippen LogP contribution < -0.4 is 4.74 Å². The van der Waals surface area contributed by atoms with Gasteiger partial charge in [0.2, 0.25) is 0 Å². The summed E-state index contributed by atoms with van der Waals surface area (Å²) >= 11 is 0. The van der Waals surface area contributed by atoms with Crippen LogP contribution >= 0.6 is 0 Å². The van der Waals surface area contributed by atoms with Gasteiger partial charge in [0.25, 0.3) is 0 Å². The Bertz CT molecular complexity index is 763. The van der Waals surface area contributed by atoms with Crippen molar-refractivity contribution in [1.29, 1.82) is 0 Å². The fourth-order valence-electron chi connectivity index (χ4n) is 2.37. The number of aromatic nitrogens is 3. The van der Waals surface area contributed by atoms with Crippen molar-refractivity contribution < 1.29 is 4.74 Å². The maximum absolute atomic E-state index is 5.46. The van der Waals surface area contributed by atoms with Crippen molar-refractivity contribution in [2.24, 2.45) is 0 Å². The Balaban J connectivity index is 2.10. The lowest BCUT2D eigenvalue weighted by atomic mass is 10.1. The van der Waals surface area contributed by atoms with Gasteiger partial charge < -0.3 is 9.72 Å². The van der Waals surface area contributed by atoms with Crippen LogP contribution in [0.25, 0.3) is 22.6 Å². The quantitative estimate of drug-likeness (QED) is 0.794. The fraction of sp³-hybridized carbons (Fsp3) is 0.176. The summed E-state index contributed by atoms with van der Waals surface area (Å²) in [5.74, 6) is 1.63. The van der Waals surface area contributed by atoms with Gasteiger partial charge in [-0.25, -0.2) is 4.98 Å². The van der Waals surface area contributed by atoms with E-state index in [0.717, 1.165) is 39.7 Å². The molecule has 1 aromatic carbocycles. The van der Waals surface area contributed by atoms with Crippen LogP contribution in [0.4, 0.5) is 0 Å². The molecule has 0 aliphatic rings. The van der Waals surface area contributed by atoms with Crippen molar-refractivity contribution in [2.75, 3.05) is 7.11 Å². The molecule has 2 heterocycles. The zero-order valence-electron chi connectivity index (χ0n) is 12.3. The van der Waals surface area contributed by atoms with E-state index in [1.54, 1.807) is 13.3 Å². The lowest BCUT2D eigenvalue weighted by molar-refractivity contribution is 0.416. The number of benzene rings is 1. The number of H-pyrrole nitrogens is 1. The van der Waals surface area contributed by atoms with Gasteiger partial charge in [-0.15, -0.1) is 0 Å². The van der Waals surface area contributed by atoms with E-state index in [0.29, 0.717) is 0 Å². The van der Waals surface area contributed by atoms with E-state index in [1.165, 1.54) is 0 Å². The maximum atomic E-state index is 5.46. The van der Waals surface area contributed by atoms with Gasteiger partial charge in [-0.2, -0.15) is 0 Å². The summed E-state index contributed by atoms with van der Waals surface area (Å²) in [5, 5.41) is 0. The summed E-state index contributed by atoms with van der Waals surface area (Å²) < 4.78 is 5.46. The normalized spacial score (nSPS) is 10.6. The van der Waals surface area contributed by atoms with Gasteiger partial charge in [0.1, 0.15) is 11.6 Å². The number of nitrogens with zero attached hydrogens (tertiary/aromatic N) is 2. The zero-order valence-corrected chi connectivity index (χ0v) is 12.3. The molecule has 3 rings (SSSR count). The highest BCUT2D eigenvalue weighted by Gasteiger charge is 2.13. The van der Waals surface area contributed by atoms with Gasteiger partial charge in [-0.05, 0) is 43.7 Å². The van der Waals surface area contributed by atoms with Crippen LogP contribution in [0.1, 0.15) is 11.3 Å². The van der Waals surface area contributed by atoms with Crippen molar-refractivity contribution in [3.8, 4) is 28.4 Å². The number of ether oxygens (including phenoxy) is 1. The Labute approximate surface area is 123 Å². The van der Waals surface area contributed by atoms with E-state index in [-0.39, 0.29) is 0 Å². The Morgan fingerprint density at radius 3 is 2.71 bits per heavy atom. The zero-order chi connectivity index (χ0) is 14.8. The van der Waals surface area contributed by atoms with Crippen molar-refractivity contribution in [3.63, 3.8) is 0 Å². The van der Waals surface area contributed by atoms with Crippen LogP contribution in [-0.2, 0) is 0 Å². The molecule has 2 aromatic heterocycles. The molecule has 1 N–H and O–H groups in total. The van der Waals surface area contributed by atoms with Gasteiger partial charge in [0, 0.05) is 18.0 Å². The molecule has 0 radical (unpaired) electrons. The summed E-state index contributed by atoms with van der Waals surface area (Å²) in [5.41, 5.74) is 5.08. The van der Waals surface area contributed by atoms with Crippen LogP contribution in [-0.4, -0.2) is 22.1 Å². The summed E-state index contributed by atoms with van der Waals surface area (Å²) in [6.45, 7) is 4.03. The average Bonchev–Trinajstić information content (AvgIpc) is 2.89. The van der Waals surface area contributed by atoms with Crippen LogP contribution in [0.3, 0.4) is 0 Å². The molecule has 0 atom stereocenters. The molecule has 0 bridgehead atoms. The number of methoxy groups -OCH3 is 1. The smallest absolute Gasteiger partial charge is 0.141 e. The number of imidazole rings is 1. The van der Waals surface area contributed by atoms with Crippen molar-refractivity contribution in [1.82, 2.24) is 15.0 Å². The summed E-state index contributed by atoms with van der Waals surface area (Å²) in [6.07, 6.45) is 3.59. The average molecular weight is 279 g/mol. The van der Waals surface area contributed by atoms with Gasteiger partial charge in [0.15, 0.2) is 0 Å². The number of hydrogen-bond acceptors (Lipinski definition) is 3. The molecule has 0 amide bonds. The number of hydrogen-bond donors (Lipinski definition) is 1. The molecular formula is C17H17N3O. The van der Waals surface area contributed by atoms with Crippen LogP contribution in [0.15, 0.2) is 42.7 Å². The van der Waals surface area contributed by atoms with Gasteiger partial charge in [-0.1, -0.05) is 6.07 Å². The molecule has 0 saturated heterocycles. The van der Waals surface area contributed by atoms with Crippen LogP contribution in [0.2, 0.25) is 0 Å². The van der Waals surface area contributed by atoms with E-state index in [1.807, 2.05) is 44.3 Å². The highest BCUT2D eigenvalue weighted by molar-refractivity contribution is 5.70. The van der Waals surface area contributed by atoms with E-state index in [4.69, 9.17) is 4.74 Å². The molecule has 3 aromatic rings. The first-order valence-electron chi connectivity index (χ1n) is 6.81. The summed E-state index contributed by atoms with van der Waals surface area (Å²) in [4.78, 5) is 12.2. The van der Waals surface area contributed by atoms with E-state index < -0.39 is 0 Å². The van der Waals surface area contributed by atoms with Crippen molar-refractivity contribution in [2.45, 2.75) is 13.8 Å². The van der Waals surface area contributed by atoms with E-state index in [2.05, 4.69) is 21.0 Å². The lowest BCUT2D eigenvalue weighted by Crippen LogP contribution is -1.90. The first kappa shape index (κ1) is 13.4. The Hall–Kier alpha value is -2.62. The molecule has 4 heteroatoms. The minimum Gasteiger partial charge on any atom is -0.496 e. The SMILES string of the molecule is COc1cc(C)ccc1-c1nc(C)c(-c2cccnc2)[nH]1. The van der Waals surface area contributed by atoms with E-state index >= 15 is 0 Å². The largest absolute Gasteiger partial charge is 0.496 e. The number of nitrogens with one attached hydrogen (secondary N) is 1. The van der Waals surface area contributed by atoms with E-state index in [9.17, 15) is 0 Å². The third-order valence-electron chi connectivity index (χ3n) is 3.45. The Kier molecular flexibility index (Phi) is 3.44. The second-order valence-corrected chi connectivity index (χ2v) is 4.99. The molecule has 0 spiro atoms. The highest BCUT2D eigenvalue weighted by atomic mass is 16.5. The predicted octanol–water partition coefficient (Wildman–Crippen LogP) is 3.76. The minimum atomic E-state index is 0.809. The van der Waals surface area contributed by atoms with Gasteiger partial charge in [0.05, 0.1) is 24.1 Å². The summed E-state index contributed by atoms with van der Waals surface area (Å²) in [6, 6.07) is 10.0. The third kappa shape index (κ3) is 2.52. The maximum Gasteiger partial charge on any atom is 0.141 e. The number of rotatable bonds is 3. The minimum absolute atomic E-state index is 0.809. The standard InChI is InChI=1S/C17H17N3O/c1-11-6-7-14(15(9-11)21-3)17-19-12(2)16(20-17)13-5-4-8-18-10-13/h4-10H,1-3H3,(H,19,20). The second-order valence-electron chi connectivity index (χ2n) is 4.99. The first-order chi connectivity index (χ1) is 10.2. The predicted molar refractivity (Wildman–Crippen MR) is 83.3 cm³/mol. The topological polar surface area (TPSA) is 50.8 Å². The molecule has 21 heavy (non-hydrogen) atoms.